The van der Waals surface area contributed by atoms with E-state index in [1.807, 2.05) is 41.0 Å². The second kappa shape index (κ2) is 5.58. The van der Waals surface area contributed by atoms with Crippen LogP contribution in [0.3, 0.4) is 0 Å². The van der Waals surface area contributed by atoms with Crippen molar-refractivity contribution in [1.82, 2.24) is 9.55 Å². The van der Waals surface area contributed by atoms with Crippen molar-refractivity contribution < 1.29 is 5.11 Å². The normalized spacial score (nSPS) is 12.0. The smallest absolute Gasteiger partial charge is 0.141 e. The molecule has 0 saturated heterocycles. The summed E-state index contributed by atoms with van der Waals surface area (Å²) in [6, 6.07) is 13.4. The lowest BCUT2D eigenvalue weighted by Gasteiger charge is -2.19. The van der Waals surface area contributed by atoms with E-state index in [2.05, 4.69) is 4.98 Å². The van der Waals surface area contributed by atoms with Gasteiger partial charge in [0.25, 0.3) is 0 Å². The summed E-state index contributed by atoms with van der Waals surface area (Å²) in [6.07, 6.45) is 0. The van der Waals surface area contributed by atoms with Gasteiger partial charge in [-0.05, 0) is 43.7 Å². The molecule has 3 nitrogen and oxygen atoms in total. The number of aliphatic hydroxyl groups is 1. The van der Waals surface area contributed by atoms with E-state index >= 15 is 0 Å². The Labute approximate surface area is 139 Å². The van der Waals surface area contributed by atoms with E-state index in [9.17, 15) is 5.11 Å². The zero-order valence-corrected chi connectivity index (χ0v) is 13.9. The summed E-state index contributed by atoms with van der Waals surface area (Å²) >= 11 is 12.1. The number of hydrogen-bond donors (Lipinski definition) is 1. The third-order valence-corrected chi connectivity index (χ3v) is 4.27. The highest BCUT2D eigenvalue weighted by Gasteiger charge is 2.24. The van der Waals surface area contributed by atoms with Crippen LogP contribution in [0.15, 0.2) is 42.5 Å². The first-order valence-corrected chi connectivity index (χ1v) is 7.74. The Morgan fingerprint density at radius 3 is 2.50 bits per heavy atom. The molecule has 0 unspecified atom stereocenters. The Kier molecular flexibility index (Phi) is 3.89. The molecule has 1 heterocycles. The summed E-state index contributed by atoms with van der Waals surface area (Å²) in [4.78, 5) is 4.57. The van der Waals surface area contributed by atoms with Gasteiger partial charge in [0.1, 0.15) is 11.4 Å². The Hall–Kier alpha value is -1.55. The Bertz CT molecular complexity index is 834. The maximum absolute atomic E-state index is 10.4. The molecule has 0 atom stereocenters. The molecular formula is C17H16Cl2N2O. The predicted octanol–water partition coefficient (Wildman–Crippen LogP) is 4.62. The number of fused-ring (bicyclic) bond motifs is 1. The monoisotopic (exact) mass is 334 g/mol. The Balaban J connectivity index is 2.14. The lowest BCUT2D eigenvalue weighted by molar-refractivity contribution is 0.0657. The van der Waals surface area contributed by atoms with Crippen molar-refractivity contribution in [3.8, 4) is 0 Å². The number of halogens is 2. The molecule has 0 spiro atoms. The zero-order chi connectivity index (χ0) is 15.9. The molecule has 0 radical (unpaired) electrons. The van der Waals surface area contributed by atoms with Crippen LogP contribution in [-0.2, 0) is 12.1 Å². The molecule has 114 valence electrons. The highest BCUT2D eigenvalue weighted by Crippen LogP contribution is 2.27. The summed E-state index contributed by atoms with van der Waals surface area (Å²) in [6.45, 7) is 4.04. The largest absolute Gasteiger partial charge is 0.383 e. The van der Waals surface area contributed by atoms with Crippen LogP contribution in [0.2, 0.25) is 10.0 Å². The maximum atomic E-state index is 10.4. The Morgan fingerprint density at radius 1 is 1.09 bits per heavy atom. The minimum absolute atomic E-state index is 0.522. The van der Waals surface area contributed by atoms with Crippen LogP contribution in [0.1, 0.15) is 25.2 Å². The highest BCUT2D eigenvalue weighted by molar-refractivity contribution is 6.42. The molecule has 2 aromatic carbocycles. The van der Waals surface area contributed by atoms with Crippen molar-refractivity contribution in [2.24, 2.45) is 0 Å². The van der Waals surface area contributed by atoms with Gasteiger partial charge in [-0.25, -0.2) is 4.98 Å². The molecule has 1 N–H and O–H groups in total. The van der Waals surface area contributed by atoms with Crippen molar-refractivity contribution in [2.75, 3.05) is 0 Å². The molecule has 0 saturated carbocycles. The number of benzene rings is 2. The molecule has 3 aromatic rings. The molecule has 5 heteroatoms. The topological polar surface area (TPSA) is 38.1 Å². The van der Waals surface area contributed by atoms with Gasteiger partial charge in [0, 0.05) is 6.54 Å². The van der Waals surface area contributed by atoms with Gasteiger partial charge in [0.2, 0.25) is 0 Å². The number of imidazole rings is 1. The van der Waals surface area contributed by atoms with Crippen LogP contribution in [0.4, 0.5) is 0 Å². The van der Waals surface area contributed by atoms with Gasteiger partial charge in [0.15, 0.2) is 0 Å². The van der Waals surface area contributed by atoms with E-state index < -0.39 is 5.60 Å². The average Bonchev–Trinajstić information content (AvgIpc) is 2.82. The lowest BCUT2D eigenvalue weighted by atomic mass is 10.1. The van der Waals surface area contributed by atoms with Gasteiger partial charge >= 0.3 is 0 Å². The molecule has 0 bridgehead atoms. The fraction of sp³-hybridized carbons (Fsp3) is 0.235. The zero-order valence-electron chi connectivity index (χ0n) is 12.3. The van der Waals surface area contributed by atoms with Crippen molar-refractivity contribution in [2.45, 2.75) is 26.0 Å². The van der Waals surface area contributed by atoms with Crippen LogP contribution in [-0.4, -0.2) is 14.7 Å². The fourth-order valence-electron chi connectivity index (χ4n) is 2.52. The molecule has 0 aliphatic carbocycles. The Morgan fingerprint density at radius 2 is 1.82 bits per heavy atom. The van der Waals surface area contributed by atoms with Gasteiger partial charge in [0.05, 0.1) is 21.1 Å². The van der Waals surface area contributed by atoms with Crippen molar-refractivity contribution >= 4 is 34.2 Å². The minimum atomic E-state index is -1.03. The molecule has 0 aliphatic heterocycles. The number of aromatic nitrogens is 2. The van der Waals surface area contributed by atoms with Gasteiger partial charge in [-0.3, -0.25) is 0 Å². The fourth-order valence-corrected chi connectivity index (χ4v) is 2.84. The first-order valence-electron chi connectivity index (χ1n) is 6.98. The predicted molar refractivity (Wildman–Crippen MR) is 90.5 cm³/mol. The van der Waals surface area contributed by atoms with Crippen LogP contribution < -0.4 is 0 Å². The summed E-state index contributed by atoms with van der Waals surface area (Å²) in [7, 11) is 0. The van der Waals surface area contributed by atoms with E-state index in [0.29, 0.717) is 22.4 Å². The summed E-state index contributed by atoms with van der Waals surface area (Å²) in [5.41, 5.74) is 1.81. The van der Waals surface area contributed by atoms with Crippen molar-refractivity contribution in [3.63, 3.8) is 0 Å². The second-order valence-corrected chi connectivity index (χ2v) is 6.63. The maximum Gasteiger partial charge on any atom is 0.141 e. The number of para-hydroxylation sites is 2. The molecule has 0 fully saturated rings. The van der Waals surface area contributed by atoms with Gasteiger partial charge in [-0.1, -0.05) is 41.4 Å². The molecule has 0 amide bonds. The van der Waals surface area contributed by atoms with Crippen molar-refractivity contribution in [1.29, 1.82) is 0 Å². The average molecular weight is 335 g/mol. The third-order valence-electron chi connectivity index (χ3n) is 3.53. The van der Waals surface area contributed by atoms with Crippen LogP contribution in [0.5, 0.6) is 0 Å². The third kappa shape index (κ3) is 2.84. The number of nitrogens with zero attached hydrogens (tertiary/aromatic N) is 2. The first kappa shape index (κ1) is 15.3. The van der Waals surface area contributed by atoms with E-state index in [1.165, 1.54) is 0 Å². The standard InChI is InChI=1S/C17H16Cl2N2O/c1-17(2,22)16-20-14-5-3-4-6-15(14)21(16)10-11-7-8-12(18)13(19)9-11/h3-9,22H,10H2,1-2H3. The quantitative estimate of drug-likeness (QED) is 0.758. The van der Waals surface area contributed by atoms with Crippen molar-refractivity contribution in [3.05, 3.63) is 63.9 Å². The van der Waals surface area contributed by atoms with E-state index in [1.54, 1.807) is 19.9 Å². The van der Waals surface area contributed by atoms with Crippen LogP contribution >= 0.6 is 23.2 Å². The molecular weight excluding hydrogens is 319 g/mol. The minimum Gasteiger partial charge on any atom is -0.383 e. The lowest BCUT2D eigenvalue weighted by Crippen LogP contribution is -2.22. The van der Waals surface area contributed by atoms with E-state index in [-0.39, 0.29) is 0 Å². The van der Waals surface area contributed by atoms with Gasteiger partial charge < -0.3 is 9.67 Å². The van der Waals surface area contributed by atoms with E-state index in [4.69, 9.17) is 23.2 Å². The van der Waals surface area contributed by atoms with E-state index in [0.717, 1.165) is 16.6 Å². The number of rotatable bonds is 3. The molecule has 1 aromatic heterocycles. The second-order valence-electron chi connectivity index (χ2n) is 5.82. The summed E-state index contributed by atoms with van der Waals surface area (Å²) in [5, 5.41) is 11.5. The molecule has 0 aliphatic rings. The molecule has 3 rings (SSSR count). The molecule has 22 heavy (non-hydrogen) atoms. The number of hydrogen-bond acceptors (Lipinski definition) is 2. The first-order chi connectivity index (χ1) is 10.4. The SMILES string of the molecule is CC(C)(O)c1nc2ccccc2n1Cc1ccc(Cl)c(Cl)c1. The van der Waals surface area contributed by atoms with Crippen LogP contribution in [0, 0.1) is 0 Å². The van der Waals surface area contributed by atoms with Gasteiger partial charge in [-0.2, -0.15) is 0 Å². The summed E-state index contributed by atoms with van der Waals surface area (Å²) in [5.74, 6) is 0.625. The highest BCUT2D eigenvalue weighted by atomic mass is 35.5. The van der Waals surface area contributed by atoms with Crippen LogP contribution in [0.25, 0.3) is 11.0 Å². The summed E-state index contributed by atoms with van der Waals surface area (Å²) < 4.78 is 2.01. The van der Waals surface area contributed by atoms with Gasteiger partial charge in [-0.15, -0.1) is 0 Å².